The molecule has 2 saturated carbocycles. The fourth-order valence-electron chi connectivity index (χ4n) is 6.13. The van der Waals surface area contributed by atoms with Gasteiger partial charge in [-0.3, -0.25) is 0 Å². The maximum absolute atomic E-state index is 4.45. The fraction of sp³-hybridized carbons (Fsp3) is 0.857. The lowest BCUT2D eigenvalue weighted by atomic mass is 9.69. The van der Waals surface area contributed by atoms with E-state index in [0.717, 1.165) is 48.9 Å². The number of nitrogens with one attached hydrogen (secondary N) is 1. The average molecular weight is 402 g/mol. The summed E-state index contributed by atoms with van der Waals surface area (Å²) >= 11 is 0. The summed E-state index contributed by atoms with van der Waals surface area (Å²) in [6.45, 7) is 20.8. The van der Waals surface area contributed by atoms with Gasteiger partial charge in [-0.15, -0.1) is 0 Å². The molecule has 0 saturated heterocycles. The molecule has 0 bridgehead atoms. The Labute approximate surface area is 183 Å². The quantitative estimate of drug-likeness (QED) is 0.343. The zero-order chi connectivity index (χ0) is 21.4. The van der Waals surface area contributed by atoms with Gasteiger partial charge in [0, 0.05) is 12.1 Å². The van der Waals surface area contributed by atoms with Crippen molar-refractivity contribution in [2.24, 2.45) is 29.6 Å². The van der Waals surface area contributed by atoms with E-state index in [1.807, 2.05) is 0 Å². The molecule has 2 aliphatic rings. The molecule has 0 aromatic carbocycles. The minimum atomic E-state index is 0.429. The molecule has 2 rings (SSSR count). The molecule has 1 heteroatoms. The highest BCUT2D eigenvalue weighted by Gasteiger charge is 2.32. The molecule has 0 aliphatic heterocycles. The fourth-order valence-corrected chi connectivity index (χ4v) is 6.13. The van der Waals surface area contributed by atoms with Crippen LogP contribution in [0.4, 0.5) is 0 Å². The minimum absolute atomic E-state index is 0.429. The summed E-state index contributed by atoms with van der Waals surface area (Å²) in [7, 11) is 0. The van der Waals surface area contributed by atoms with Gasteiger partial charge in [-0.05, 0) is 81.0 Å². The van der Waals surface area contributed by atoms with Crippen LogP contribution < -0.4 is 5.32 Å². The van der Waals surface area contributed by atoms with Crippen LogP contribution in [0.3, 0.4) is 0 Å². The van der Waals surface area contributed by atoms with Crippen LogP contribution in [0, 0.1) is 29.6 Å². The molecule has 0 aromatic heterocycles. The van der Waals surface area contributed by atoms with Gasteiger partial charge in [0.25, 0.3) is 0 Å². The Bertz CT molecular complexity index is 506. The second-order valence-corrected chi connectivity index (χ2v) is 11.0. The van der Waals surface area contributed by atoms with Crippen LogP contribution in [0.25, 0.3) is 0 Å². The smallest absolute Gasteiger partial charge is 0.0316 e. The molecule has 0 spiro atoms. The summed E-state index contributed by atoms with van der Waals surface area (Å²) in [5.41, 5.74) is 2.79. The highest BCUT2D eigenvalue weighted by molar-refractivity contribution is 5.12. The van der Waals surface area contributed by atoms with Gasteiger partial charge in [-0.1, -0.05) is 84.6 Å². The highest BCUT2D eigenvalue weighted by atomic mass is 15.0. The van der Waals surface area contributed by atoms with Crippen LogP contribution in [-0.2, 0) is 0 Å². The molecule has 5 unspecified atom stereocenters. The largest absolute Gasteiger partial charge is 0.307 e. The second kappa shape index (κ2) is 12.3. The molecule has 2 aliphatic carbocycles. The summed E-state index contributed by atoms with van der Waals surface area (Å²) in [6, 6.07) is 1.09. The van der Waals surface area contributed by atoms with E-state index >= 15 is 0 Å². The van der Waals surface area contributed by atoms with Crippen molar-refractivity contribution in [1.82, 2.24) is 5.32 Å². The predicted octanol–water partition coefficient (Wildman–Crippen LogP) is 8.31. The Morgan fingerprint density at radius 3 is 2.03 bits per heavy atom. The summed E-state index contributed by atoms with van der Waals surface area (Å²) in [5, 5.41) is 4.06. The molecule has 0 radical (unpaired) electrons. The molecule has 1 N–H and O–H groups in total. The van der Waals surface area contributed by atoms with E-state index in [4.69, 9.17) is 0 Å². The van der Waals surface area contributed by atoms with Gasteiger partial charge in [0.05, 0.1) is 0 Å². The molecule has 29 heavy (non-hydrogen) atoms. The van der Waals surface area contributed by atoms with Crippen LogP contribution in [-0.4, -0.2) is 12.1 Å². The molecule has 0 aromatic rings. The Balaban J connectivity index is 1.86. The summed E-state index contributed by atoms with van der Waals surface area (Å²) in [6.07, 6.45) is 15.9. The number of hydrogen-bond donors (Lipinski definition) is 1. The van der Waals surface area contributed by atoms with Crippen molar-refractivity contribution in [2.75, 3.05) is 0 Å². The maximum atomic E-state index is 4.45. The maximum Gasteiger partial charge on any atom is 0.0316 e. The van der Waals surface area contributed by atoms with E-state index in [2.05, 4.69) is 53.1 Å². The lowest BCUT2D eigenvalue weighted by Crippen LogP contribution is -2.46. The van der Waals surface area contributed by atoms with Gasteiger partial charge in [-0.2, -0.15) is 0 Å². The molecular weight excluding hydrogens is 350 g/mol. The van der Waals surface area contributed by atoms with Crippen LogP contribution in [0.2, 0.25) is 0 Å². The van der Waals surface area contributed by atoms with E-state index in [9.17, 15) is 0 Å². The van der Waals surface area contributed by atoms with E-state index < -0.39 is 0 Å². The van der Waals surface area contributed by atoms with Crippen LogP contribution >= 0.6 is 0 Å². The van der Waals surface area contributed by atoms with Crippen molar-refractivity contribution >= 4 is 0 Å². The highest BCUT2D eigenvalue weighted by Crippen LogP contribution is 2.40. The Morgan fingerprint density at radius 1 is 0.828 bits per heavy atom. The Kier molecular flexibility index (Phi) is 10.5. The second-order valence-electron chi connectivity index (χ2n) is 11.0. The first-order chi connectivity index (χ1) is 13.8. The zero-order valence-electron chi connectivity index (χ0n) is 20.4. The van der Waals surface area contributed by atoms with Crippen molar-refractivity contribution < 1.29 is 0 Å². The Hall–Kier alpha value is -0.560. The third kappa shape index (κ3) is 7.89. The van der Waals surface area contributed by atoms with Crippen molar-refractivity contribution in [1.29, 1.82) is 0 Å². The molecule has 0 amide bonds. The zero-order valence-corrected chi connectivity index (χ0v) is 20.4. The third-order valence-electron chi connectivity index (χ3n) is 8.23. The summed E-state index contributed by atoms with van der Waals surface area (Å²) in [5.74, 6) is 4.62. The predicted molar refractivity (Wildman–Crippen MR) is 130 cm³/mol. The average Bonchev–Trinajstić information content (AvgIpc) is 2.66. The molecule has 1 nitrogen and oxygen atoms in total. The normalized spacial score (nSPS) is 34.0. The molecule has 7 atom stereocenters. The van der Waals surface area contributed by atoms with Crippen molar-refractivity contribution in [3.63, 3.8) is 0 Å². The first-order valence-corrected chi connectivity index (χ1v) is 12.9. The number of rotatable bonds is 11. The first-order valence-electron chi connectivity index (χ1n) is 12.9. The van der Waals surface area contributed by atoms with E-state index in [1.165, 1.54) is 68.9 Å². The van der Waals surface area contributed by atoms with E-state index in [1.54, 1.807) is 0 Å². The standard InChI is InChI=1S/C28H51N/c1-8-10-20(3)16-28(22(5)11-9-2)29-27-15-14-26(18-24(27)7)19-25-13-12-21(4)23(6)17-25/h21,23-29H,3,5,8-19H2,1-2,4,6-7H3/t21-,23?,24?,25?,26?,27+,28?/m0/s1. The van der Waals surface area contributed by atoms with Crippen LogP contribution in [0.15, 0.2) is 24.3 Å². The Morgan fingerprint density at radius 2 is 1.45 bits per heavy atom. The minimum Gasteiger partial charge on any atom is -0.307 e. The van der Waals surface area contributed by atoms with Gasteiger partial charge in [0.15, 0.2) is 0 Å². The van der Waals surface area contributed by atoms with Crippen LogP contribution in [0.1, 0.15) is 112 Å². The summed E-state index contributed by atoms with van der Waals surface area (Å²) in [4.78, 5) is 0. The topological polar surface area (TPSA) is 12.0 Å². The monoisotopic (exact) mass is 401 g/mol. The molecule has 2 fully saturated rings. The third-order valence-corrected chi connectivity index (χ3v) is 8.23. The van der Waals surface area contributed by atoms with Gasteiger partial charge in [0.2, 0.25) is 0 Å². The molecular formula is C28H51N. The van der Waals surface area contributed by atoms with Gasteiger partial charge >= 0.3 is 0 Å². The first kappa shape index (κ1) is 24.7. The van der Waals surface area contributed by atoms with Gasteiger partial charge < -0.3 is 5.32 Å². The van der Waals surface area contributed by atoms with Crippen molar-refractivity contribution in [3.05, 3.63) is 24.3 Å². The summed E-state index contributed by atoms with van der Waals surface area (Å²) < 4.78 is 0. The van der Waals surface area contributed by atoms with Gasteiger partial charge in [0.1, 0.15) is 0 Å². The molecule has 168 valence electrons. The van der Waals surface area contributed by atoms with Crippen molar-refractivity contribution in [3.8, 4) is 0 Å². The van der Waals surface area contributed by atoms with E-state index in [0.29, 0.717) is 12.1 Å². The number of hydrogen-bond acceptors (Lipinski definition) is 1. The molecule has 0 heterocycles. The van der Waals surface area contributed by atoms with Gasteiger partial charge in [-0.25, -0.2) is 0 Å². The van der Waals surface area contributed by atoms with Crippen molar-refractivity contribution in [2.45, 2.75) is 124 Å². The van der Waals surface area contributed by atoms with E-state index in [-0.39, 0.29) is 0 Å². The SMILES string of the molecule is C=C(CCC)CC(N[C@@H]1CCC(CC2CC[C@H](C)C(C)C2)CC1C)C(=C)CCC. The lowest BCUT2D eigenvalue weighted by molar-refractivity contribution is 0.141. The lowest BCUT2D eigenvalue weighted by Gasteiger charge is -2.40. The van der Waals surface area contributed by atoms with Crippen LogP contribution in [0.5, 0.6) is 0 Å².